The van der Waals surface area contributed by atoms with Crippen molar-refractivity contribution in [2.75, 3.05) is 31.3 Å². The Labute approximate surface area is 148 Å². The Morgan fingerprint density at radius 1 is 1.12 bits per heavy atom. The molecule has 3 heterocycles. The number of aliphatic carboxylic acids is 1. The number of fused-ring (bicyclic) bond motifs is 1. The van der Waals surface area contributed by atoms with Crippen molar-refractivity contribution in [2.24, 2.45) is 0 Å². The second-order valence-corrected chi connectivity index (χ2v) is 5.92. The van der Waals surface area contributed by atoms with Gasteiger partial charge in [-0.05, 0) is 24.3 Å². The molecule has 1 N–H and O–H groups in total. The third kappa shape index (κ3) is 2.87. The summed E-state index contributed by atoms with van der Waals surface area (Å²) in [6.07, 6.45) is 3.20. The molecule has 26 heavy (non-hydrogen) atoms. The Balaban J connectivity index is 1.56. The van der Waals surface area contributed by atoms with Gasteiger partial charge in [0, 0.05) is 31.0 Å². The number of anilines is 1. The first-order chi connectivity index (χ1) is 12.6. The Kier molecular flexibility index (Phi) is 4.04. The maximum absolute atomic E-state index is 12.9. The minimum atomic E-state index is -1.07. The second kappa shape index (κ2) is 6.51. The summed E-state index contributed by atoms with van der Waals surface area (Å²) >= 11 is 0. The SMILES string of the molecule is O=C(O)[C@@H]1CN(c2ncccn2)CCN1C(=O)c1ccc2c(c1)OCO2. The molecule has 134 valence electrons. The number of nitrogens with zero attached hydrogens (tertiary/aromatic N) is 4. The minimum Gasteiger partial charge on any atom is -0.480 e. The van der Waals surface area contributed by atoms with Gasteiger partial charge in [-0.3, -0.25) is 4.79 Å². The fourth-order valence-corrected chi connectivity index (χ4v) is 3.07. The zero-order valence-electron chi connectivity index (χ0n) is 13.7. The molecule has 1 fully saturated rings. The van der Waals surface area contributed by atoms with Gasteiger partial charge in [-0.15, -0.1) is 0 Å². The summed E-state index contributed by atoms with van der Waals surface area (Å²) in [6.45, 7) is 0.933. The topological polar surface area (TPSA) is 105 Å². The number of ether oxygens (including phenoxy) is 2. The molecule has 4 rings (SSSR count). The molecule has 1 atom stereocenters. The number of rotatable bonds is 3. The molecule has 2 aliphatic rings. The normalized spacial score (nSPS) is 18.7. The van der Waals surface area contributed by atoms with E-state index < -0.39 is 12.0 Å². The fraction of sp³-hybridized carbons (Fsp3) is 0.294. The van der Waals surface area contributed by atoms with Crippen LogP contribution in [0.15, 0.2) is 36.7 Å². The number of amides is 1. The van der Waals surface area contributed by atoms with Gasteiger partial charge >= 0.3 is 5.97 Å². The van der Waals surface area contributed by atoms with Gasteiger partial charge in [0.15, 0.2) is 11.5 Å². The largest absolute Gasteiger partial charge is 0.480 e. The molecule has 9 heteroatoms. The number of benzene rings is 1. The van der Waals surface area contributed by atoms with Gasteiger partial charge in [0.1, 0.15) is 6.04 Å². The number of hydrogen-bond acceptors (Lipinski definition) is 7. The standard InChI is InChI=1S/C17H16N4O5/c22-15(11-2-3-13-14(8-11)26-10-25-13)21-7-6-20(9-12(21)16(23)24)17-18-4-1-5-19-17/h1-5,8,12H,6-7,9-10H2,(H,23,24)/t12-/m0/s1. The van der Waals surface area contributed by atoms with E-state index in [-0.39, 0.29) is 25.8 Å². The number of hydrogen-bond donors (Lipinski definition) is 1. The van der Waals surface area contributed by atoms with Crippen LogP contribution in [0.4, 0.5) is 5.95 Å². The number of carbonyl (C=O) groups excluding carboxylic acids is 1. The van der Waals surface area contributed by atoms with E-state index in [1.54, 1.807) is 41.6 Å². The van der Waals surface area contributed by atoms with Crippen LogP contribution in [0.1, 0.15) is 10.4 Å². The maximum atomic E-state index is 12.9. The van der Waals surface area contributed by atoms with E-state index in [1.807, 2.05) is 0 Å². The minimum absolute atomic E-state index is 0.112. The summed E-state index contributed by atoms with van der Waals surface area (Å²) < 4.78 is 10.5. The molecule has 9 nitrogen and oxygen atoms in total. The van der Waals surface area contributed by atoms with E-state index in [2.05, 4.69) is 9.97 Å². The van der Waals surface area contributed by atoms with Crippen LogP contribution in [0.3, 0.4) is 0 Å². The Bertz CT molecular complexity index is 844. The molecule has 0 saturated carbocycles. The molecular weight excluding hydrogens is 340 g/mol. The van der Waals surface area contributed by atoms with Crippen molar-refractivity contribution in [1.82, 2.24) is 14.9 Å². The van der Waals surface area contributed by atoms with Crippen molar-refractivity contribution in [1.29, 1.82) is 0 Å². The van der Waals surface area contributed by atoms with Crippen LogP contribution in [-0.4, -0.2) is 64.3 Å². The van der Waals surface area contributed by atoms with Crippen LogP contribution in [0.25, 0.3) is 0 Å². The molecule has 0 spiro atoms. The van der Waals surface area contributed by atoms with Crippen LogP contribution >= 0.6 is 0 Å². The van der Waals surface area contributed by atoms with Crippen molar-refractivity contribution in [2.45, 2.75) is 6.04 Å². The molecule has 2 aliphatic heterocycles. The van der Waals surface area contributed by atoms with Gasteiger partial charge in [0.25, 0.3) is 5.91 Å². The first-order valence-electron chi connectivity index (χ1n) is 8.09. The Morgan fingerprint density at radius 3 is 2.65 bits per heavy atom. The summed E-state index contributed by atoms with van der Waals surface area (Å²) in [5, 5.41) is 9.62. The number of carboxylic acid groups (broad SMARTS) is 1. The number of carbonyl (C=O) groups is 2. The summed E-state index contributed by atoms with van der Waals surface area (Å²) in [5.41, 5.74) is 0.366. The van der Waals surface area contributed by atoms with Crippen LogP contribution in [0.5, 0.6) is 11.5 Å². The molecule has 2 aromatic rings. The van der Waals surface area contributed by atoms with E-state index in [0.29, 0.717) is 29.6 Å². The van der Waals surface area contributed by atoms with Crippen molar-refractivity contribution >= 4 is 17.8 Å². The lowest BCUT2D eigenvalue weighted by Gasteiger charge is -2.39. The maximum Gasteiger partial charge on any atom is 0.328 e. The van der Waals surface area contributed by atoms with Crippen LogP contribution in [0.2, 0.25) is 0 Å². The highest BCUT2D eigenvalue weighted by Gasteiger charge is 2.36. The Morgan fingerprint density at radius 2 is 1.88 bits per heavy atom. The lowest BCUT2D eigenvalue weighted by molar-refractivity contribution is -0.142. The average molecular weight is 356 g/mol. The van der Waals surface area contributed by atoms with Crippen LogP contribution < -0.4 is 14.4 Å². The summed E-state index contributed by atoms with van der Waals surface area (Å²) in [4.78, 5) is 36.1. The fourth-order valence-electron chi connectivity index (χ4n) is 3.07. The van der Waals surface area contributed by atoms with E-state index in [9.17, 15) is 14.7 Å². The molecule has 1 aromatic carbocycles. The highest BCUT2D eigenvalue weighted by Crippen LogP contribution is 2.33. The van der Waals surface area contributed by atoms with E-state index in [1.165, 1.54) is 4.90 Å². The summed E-state index contributed by atoms with van der Waals surface area (Å²) in [5.74, 6) is 0.0828. The summed E-state index contributed by atoms with van der Waals surface area (Å²) in [7, 11) is 0. The molecule has 1 saturated heterocycles. The van der Waals surface area contributed by atoms with Gasteiger partial charge in [-0.25, -0.2) is 14.8 Å². The van der Waals surface area contributed by atoms with E-state index >= 15 is 0 Å². The molecule has 0 aliphatic carbocycles. The predicted octanol–water partition coefficient (Wildman–Crippen LogP) is 0.621. The number of carboxylic acids is 1. The van der Waals surface area contributed by atoms with Gasteiger partial charge in [-0.2, -0.15) is 0 Å². The van der Waals surface area contributed by atoms with Crippen molar-refractivity contribution in [3.05, 3.63) is 42.2 Å². The quantitative estimate of drug-likeness (QED) is 0.853. The zero-order valence-corrected chi connectivity index (χ0v) is 13.7. The highest BCUT2D eigenvalue weighted by atomic mass is 16.7. The van der Waals surface area contributed by atoms with E-state index in [0.717, 1.165) is 0 Å². The van der Waals surface area contributed by atoms with Crippen molar-refractivity contribution in [3.8, 4) is 11.5 Å². The molecule has 1 amide bonds. The summed E-state index contributed by atoms with van der Waals surface area (Å²) in [6, 6.07) is 5.54. The molecular formula is C17H16N4O5. The highest BCUT2D eigenvalue weighted by molar-refractivity contribution is 5.97. The van der Waals surface area contributed by atoms with Crippen molar-refractivity contribution in [3.63, 3.8) is 0 Å². The lowest BCUT2D eigenvalue weighted by atomic mass is 10.1. The first kappa shape index (κ1) is 16.1. The monoisotopic (exact) mass is 356 g/mol. The third-order valence-corrected chi connectivity index (χ3v) is 4.38. The van der Waals surface area contributed by atoms with Gasteiger partial charge < -0.3 is 24.4 Å². The number of aromatic nitrogens is 2. The molecule has 0 unspecified atom stereocenters. The lowest BCUT2D eigenvalue weighted by Crippen LogP contribution is -2.58. The van der Waals surface area contributed by atoms with Gasteiger partial charge in [0.05, 0.1) is 6.54 Å². The van der Waals surface area contributed by atoms with Gasteiger partial charge in [0.2, 0.25) is 12.7 Å². The van der Waals surface area contributed by atoms with Crippen LogP contribution in [0, 0.1) is 0 Å². The molecule has 0 radical (unpaired) electrons. The smallest absolute Gasteiger partial charge is 0.328 e. The first-order valence-corrected chi connectivity index (χ1v) is 8.09. The molecule has 1 aromatic heterocycles. The van der Waals surface area contributed by atoms with E-state index in [4.69, 9.17) is 9.47 Å². The third-order valence-electron chi connectivity index (χ3n) is 4.38. The van der Waals surface area contributed by atoms with Gasteiger partial charge in [-0.1, -0.05) is 0 Å². The Hall–Kier alpha value is -3.36. The molecule has 0 bridgehead atoms. The van der Waals surface area contributed by atoms with Crippen molar-refractivity contribution < 1.29 is 24.2 Å². The average Bonchev–Trinajstić information content (AvgIpc) is 3.15. The second-order valence-electron chi connectivity index (χ2n) is 5.92. The van der Waals surface area contributed by atoms with Crippen LogP contribution in [-0.2, 0) is 4.79 Å². The number of piperazine rings is 1. The zero-order chi connectivity index (χ0) is 18.1. The predicted molar refractivity (Wildman–Crippen MR) is 89.3 cm³/mol.